The fourth-order valence-corrected chi connectivity index (χ4v) is 4.01. The zero-order valence-electron chi connectivity index (χ0n) is 19.0. The van der Waals surface area contributed by atoms with E-state index >= 15 is 0 Å². The van der Waals surface area contributed by atoms with Crippen LogP contribution in [0.25, 0.3) is 22.2 Å². The summed E-state index contributed by atoms with van der Waals surface area (Å²) in [6.45, 7) is 8.22. The number of pyridine rings is 2. The number of fused-ring (bicyclic) bond motifs is 1. The van der Waals surface area contributed by atoms with Gasteiger partial charge in [-0.1, -0.05) is 13.8 Å². The molecule has 0 amide bonds. The van der Waals surface area contributed by atoms with E-state index in [9.17, 15) is 0 Å². The average Bonchev–Trinajstić information content (AvgIpc) is 3.26. The van der Waals surface area contributed by atoms with Gasteiger partial charge in [-0.2, -0.15) is 10.2 Å². The summed E-state index contributed by atoms with van der Waals surface area (Å²) in [5.41, 5.74) is 10.7. The minimum atomic E-state index is 0.351. The van der Waals surface area contributed by atoms with Crippen LogP contribution in [0.1, 0.15) is 31.7 Å². The van der Waals surface area contributed by atoms with Crippen LogP contribution in [0.5, 0.6) is 0 Å². The molecule has 1 fully saturated rings. The lowest BCUT2D eigenvalue weighted by molar-refractivity contribution is 0.146. The van der Waals surface area contributed by atoms with E-state index in [0.29, 0.717) is 23.6 Å². The largest absolute Gasteiger partial charge is 0.325 e. The fraction of sp³-hybridized carbons (Fsp3) is 0.375. The second-order valence-electron chi connectivity index (χ2n) is 8.98. The van der Waals surface area contributed by atoms with Crippen molar-refractivity contribution < 1.29 is 0 Å². The Labute approximate surface area is 193 Å². The van der Waals surface area contributed by atoms with Gasteiger partial charge in [0, 0.05) is 55.7 Å². The smallest absolute Gasteiger partial charge is 0.154 e. The summed E-state index contributed by atoms with van der Waals surface area (Å²) >= 11 is 0. The molecule has 0 bridgehead atoms. The Morgan fingerprint density at radius 1 is 1.03 bits per heavy atom. The highest BCUT2D eigenvalue weighted by molar-refractivity contribution is 5.81. The number of hydrogen-bond acceptors (Lipinski definition) is 8. The first kappa shape index (κ1) is 21.4. The molecule has 0 spiro atoms. The van der Waals surface area contributed by atoms with Crippen LogP contribution in [0.15, 0.2) is 49.1 Å². The molecule has 1 aliphatic heterocycles. The third-order valence-corrected chi connectivity index (χ3v) is 5.95. The van der Waals surface area contributed by atoms with Crippen LogP contribution >= 0.6 is 0 Å². The van der Waals surface area contributed by atoms with Gasteiger partial charge in [0.05, 0.1) is 23.4 Å². The van der Waals surface area contributed by atoms with Gasteiger partial charge in [-0.25, -0.2) is 4.98 Å². The van der Waals surface area contributed by atoms with Crippen LogP contribution in [0.4, 0.5) is 11.6 Å². The van der Waals surface area contributed by atoms with Crippen molar-refractivity contribution in [2.75, 3.05) is 25.0 Å². The quantitative estimate of drug-likeness (QED) is 0.427. The molecule has 0 aromatic carbocycles. The summed E-state index contributed by atoms with van der Waals surface area (Å²) in [5.74, 6) is 1.77. The van der Waals surface area contributed by atoms with Crippen LogP contribution in [0.2, 0.25) is 0 Å². The van der Waals surface area contributed by atoms with Gasteiger partial charge < -0.3 is 16.0 Å². The lowest BCUT2D eigenvalue weighted by Crippen LogP contribution is -2.55. The van der Waals surface area contributed by atoms with E-state index in [0.717, 1.165) is 60.3 Å². The number of nitrogens with two attached hydrogens (primary N) is 1. The molecule has 0 unspecified atom stereocenters. The van der Waals surface area contributed by atoms with Gasteiger partial charge >= 0.3 is 0 Å². The van der Waals surface area contributed by atoms with E-state index in [1.54, 1.807) is 6.20 Å². The number of nitrogens with zero attached hydrogens (tertiary/aromatic N) is 7. The van der Waals surface area contributed by atoms with Crippen molar-refractivity contribution in [3.8, 4) is 11.1 Å². The Kier molecular flexibility index (Phi) is 5.97. The Morgan fingerprint density at radius 3 is 2.73 bits per heavy atom. The van der Waals surface area contributed by atoms with Crippen LogP contribution in [0.3, 0.4) is 0 Å². The predicted octanol–water partition coefficient (Wildman–Crippen LogP) is 3.18. The lowest BCUT2D eigenvalue weighted by atomic mass is 10.1. The number of aromatic nitrogens is 6. The Balaban J connectivity index is 1.29. The van der Waals surface area contributed by atoms with E-state index in [-0.39, 0.29) is 0 Å². The minimum Gasteiger partial charge on any atom is -0.325 e. The molecule has 170 valence electrons. The number of likely N-dealkylation sites (tertiary alicyclic amines) is 1. The minimum absolute atomic E-state index is 0.351. The highest BCUT2D eigenvalue weighted by atomic mass is 15.3. The van der Waals surface area contributed by atoms with E-state index < -0.39 is 0 Å². The van der Waals surface area contributed by atoms with Crippen molar-refractivity contribution in [1.29, 1.82) is 0 Å². The molecule has 5 rings (SSSR count). The first-order valence-corrected chi connectivity index (χ1v) is 11.4. The second kappa shape index (κ2) is 9.21. The SMILES string of the molecule is CC(C)c1cnnc(Nc2ccc3ncc(-c4cnn(CCCN5CC(N)C5)c4)cc3n2)c1. The van der Waals surface area contributed by atoms with Gasteiger partial charge in [0.2, 0.25) is 0 Å². The highest BCUT2D eigenvalue weighted by Gasteiger charge is 2.21. The summed E-state index contributed by atoms with van der Waals surface area (Å²) in [7, 11) is 0. The summed E-state index contributed by atoms with van der Waals surface area (Å²) in [4.78, 5) is 11.7. The van der Waals surface area contributed by atoms with Crippen LogP contribution in [0, 0.1) is 0 Å². The van der Waals surface area contributed by atoms with E-state index in [4.69, 9.17) is 10.7 Å². The topological polar surface area (TPSA) is 111 Å². The van der Waals surface area contributed by atoms with E-state index in [1.165, 1.54) is 0 Å². The third-order valence-electron chi connectivity index (χ3n) is 5.95. The molecule has 0 aliphatic carbocycles. The van der Waals surface area contributed by atoms with Crippen molar-refractivity contribution >= 4 is 22.7 Å². The second-order valence-corrected chi connectivity index (χ2v) is 8.98. The Hall–Kier alpha value is -3.43. The Morgan fingerprint density at radius 2 is 1.91 bits per heavy atom. The van der Waals surface area contributed by atoms with Crippen LogP contribution < -0.4 is 11.1 Å². The van der Waals surface area contributed by atoms with Crippen molar-refractivity contribution in [3.05, 3.63) is 54.6 Å². The van der Waals surface area contributed by atoms with Gasteiger partial charge in [-0.05, 0) is 42.2 Å². The molecule has 1 saturated heterocycles. The molecule has 1 aliphatic rings. The van der Waals surface area contributed by atoms with Crippen molar-refractivity contribution in [1.82, 2.24) is 34.8 Å². The van der Waals surface area contributed by atoms with Crippen LogP contribution in [-0.4, -0.2) is 60.5 Å². The van der Waals surface area contributed by atoms with Gasteiger partial charge in [0.1, 0.15) is 5.82 Å². The average molecular weight is 444 g/mol. The third kappa shape index (κ3) is 4.99. The normalized spacial score (nSPS) is 14.7. The zero-order chi connectivity index (χ0) is 22.8. The van der Waals surface area contributed by atoms with E-state index in [1.807, 2.05) is 41.3 Å². The molecule has 0 atom stereocenters. The lowest BCUT2D eigenvalue weighted by Gasteiger charge is -2.36. The maximum atomic E-state index is 5.84. The number of hydrogen-bond donors (Lipinski definition) is 2. The summed E-state index contributed by atoms with van der Waals surface area (Å²) in [6, 6.07) is 8.26. The number of nitrogens with one attached hydrogen (secondary N) is 1. The summed E-state index contributed by atoms with van der Waals surface area (Å²) < 4.78 is 1.99. The zero-order valence-corrected chi connectivity index (χ0v) is 19.0. The fourth-order valence-electron chi connectivity index (χ4n) is 4.01. The molecule has 4 aromatic heterocycles. The number of rotatable bonds is 8. The molecule has 9 heteroatoms. The molecule has 33 heavy (non-hydrogen) atoms. The van der Waals surface area contributed by atoms with Crippen molar-refractivity contribution in [2.24, 2.45) is 5.73 Å². The molecule has 4 aromatic rings. The number of anilines is 2. The molecular weight excluding hydrogens is 414 g/mol. The Bertz CT molecular complexity index is 1240. The van der Waals surface area contributed by atoms with Gasteiger partial charge in [0.15, 0.2) is 5.82 Å². The predicted molar refractivity (Wildman–Crippen MR) is 129 cm³/mol. The molecule has 0 radical (unpaired) electrons. The van der Waals surface area contributed by atoms with Crippen molar-refractivity contribution in [3.63, 3.8) is 0 Å². The molecule has 9 nitrogen and oxygen atoms in total. The molecule has 0 saturated carbocycles. The van der Waals surface area contributed by atoms with Gasteiger partial charge in [-0.15, -0.1) is 5.10 Å². The van der Waals surface area contributed by atoms with Gasteiger partial charge in [-0.3, -0.25) is 9.67 Å². The molecule has 3 N–H and O–H groups in total. The molecule has 5 heterocycles. The maximum Gasteiger partial charge on any atom is 0.154 e. The monoisotopic (exact) mass is 443 g/mol. The first-order valence-electron chi connectivity index (χ1n) is 11.4. The van der Waals surface area contributed by atoms with Gasteiger partial charge in [0.25, 0.3) is 0 Å². The molecular formula is C24H29N9. The maximum absolute atomic E-state index is 5.84. The standard InChI is InChI=1S/C24H29N9/c1-16(2)17-9-24(31-27-11-17)30-23-5-4-21-22(29-23)8-18(10-26-21)19-12-28-33(13-19)7-3-6-32-14-20(25)15-32/h4-5,8-13,16,20H,3,6-7,14-15,25H2,1-2H3,(H,29,30,31). The van der Waals surface area contributed by atoms with Crippen LogP contribution in [-0.2, 0) is 6.54 Å². The van der Waals surface area contributed by atoms with Crippen molar-refractivity contribution in [2.45, 2.75) is 38.8 Å². The first-order chi connectivity index (χ1) is 16.0. The summed E-state index contributed by atoms with van der Waals surface area (Å²) in [6.07, 6.45) is 8.68. The highest BCUT2D eigenvalue weighted by Crippen LogP contribution is 2.24. The van der Waals surface area contributed by atoms with E-state index in [2.05, 4.69) is 50.5 Å². The summed E-state index contributed by atoms with van der Waals surface area (Å²) in [5, 5.41) is 16.0. The number of aryl methyl sites for hydroxylation is 1.